The second-order valence-electron chi connectivity index (χ2n) is 2.28. The van der Waals surface area contributed by atoms with Gasteiger partial charge in [-0.3, -0.25) is 4.79 Å². The molecule has 1 aromatic rings. The lowest BCUT2D eigenvalue weighted by Crippen LogP contribution is -2.10. The molecule has 1 amide bonds. The highest BCUT2D eigenvalue weighted by Gasteiger charge is 2.02. The predicted octanol–water partition coefficient (Wildman–Crippen LogP) is 2.64. The van der Waals surface area contributed by atoms with E-state index in [1.807, 2.05) is 6.92 Å². The minimum atomic E-state index is 0.0234. The summed E-state index contributed by atoms with van der Waals surface area (Å²) in [5, 5.41) is 4.50. The molecule has 1 aromatic heterocycles. The third kappa shape index (κ3) is 2.91. The summed E-state index contributed by atoms with van der Waals surface area (Å²) in [6.07, 6.45) is 1.41. The molecule has 66 valence electrons. The summed E-state index contributed by atoms with van der Waals surface area (Å²) in [4.78, 5) is 15.1. The van der Waals surface area contributed by atoms with E-state index in [0.717, 1.165) is 10.3 Å². The summed E-state index contributed by atoms with van der Waals surface area (Å²) in [5.74, 6) is 0.653. The van der Waals surface area contributed by atoms with Gasteiger partial charge in [-0.05, 0) is 22.4 Å². The summed E-state index contributed by atoms with van der Waals surface area (Å²) in [6, 6.07) is 0. The first-order chi connectivity index (χ1) is 5.72. The van der Waals surface area contributed by atoms with Gasteiger partial charge in [0.25, 0.3) is 0 Å². The van der Waals surface area contributed by atoms with E-state index in [2.05, 4.69) is 26.2 Å². The quantitative estimate of drug-likeness (QED) is 0.894. The van der Waals surface area contributed by atoms with Crippen molar-refractivity contribution in [3.63, 3.8) is 0 Å². The topological polar surface area (TPSA) is 42.0 Å². The molecule has 12 heavy (non-hydrogen) atoms. The van der Waals surface area contributed by atoms with Crippen LogP contribution in [0.5, 0.6) is 0 Å². The Morgan fingerprint density at radius 1 is 1.83 bits per heavy atom. The highest BCUT2D eigenvalue weighted by molar-refractivity contribution is 9.11. The number of amides is 1. The second-order valence-corrected chi connectivity index (χ2v) is 4.42. The number of nitrogens with one attached hydrogen (secondary N) is 1. The molecule has 0 atom stereocenters. The summed E-state index contributed by atoms with van der Waals surface area (Å²) in [7, 11) is 0. The fourth-order valence-electron chi connectivity index (χ4n) is 0.742. The molecule has 1 N–H and O–H groups in total. The smallest absolute Gasteiger partial charge is 0.225 e. The van der Waals surface area contributed by atoms with Crippen molar-refractivity contribution in [3.8, 4) is 0 Å². The van der Waals surface area contributed by atoms with Gasteiger partial charge in [-0.2, -0.15) is 0 Å². The van der Waals surface area contributed by atoms with Gasteiger partial charge in [-0.25, -0.2) is 4.98 Å². The number of carbonyl (C=O) groups is 1. The van der Waals surface area contributed by atoms with Crippen LogP contribution in [0.25, 0.3) is 0 Å². The number of nitrogens with zero attached hydrogens (tertiary/aromatic N) is 1. The first-order valence-electron chi connectivity index (χ1n) is 3.63. The molecule has 1 heterocycles. The molecule has 0 aliphatic heterocycles. The van der Waals surface area contributed by atoms with E-state index in [-0.39, 0.29) is 5.91 Å². The van der Waals surface area contributed by atoms with Gasteiger partial charge in [0, 0.05) is 11.8 Å². The van der Waals surface area contributed by atoms with Crippen molar-refractivity contribution < 1.29 is 4.79 Å². The van der Waals surface area contributed by atoms with Crippen LogP contribution in [0.3, 0.4) is 0 Å². The maximum atomic E-state index is 11.1. The fourth-order valence-corrected chi connectivity index (χ4v) is 1.68. The Balaban J connectivity index is 2.46. The fraction of sp³-hybridized carbons (Fsp3) is 0.429. The molecule has 1 rings (SSSR count). The van der Waals surface area contributed by atoms with Gasteiger partial charge in [0.1, 0.15) is 5.82 Å². The number of thiazole rings is 1. The summed E-state index contributed by atoms with van der Waals surface area (Å²) < 4.78 is 0.786. The third-order valence-corrected chi connectivity index (χ3v) is 2.59. The molecule has 0 fully saturated rings. The molecule has 5 heteroatoms. The molecule has 0 aliphatic carbocycles. The van der Waals surface area contributed by atoms with Crippen LogP contribution in [0.1, 0.15) is 19.8 Å². The first kappa shape index (κ1) is 9.67. The van der Waals surface area contributed by atoms with Gasteiger partial charge in [0.15, 0.2) is 3.92 Å². The zero-order valence-corrected chi connectivity index (χ0v) is 9.04. The van der Waals surface area contributed by atoms with Crippen molar-refractivity contribution in [3.05, 3.63) is 9.30 Å². The van der Waals surface area contributed by atoms with Gasteiger partial charge in [-0.1, -0.05) is 6.92 Å². The SMILES string of the molecule is CCCC(=O)Nc1csc(Br)n1. The van der Waals surface area contributed by atoms with Crippen molar-refractivity contribution >= 4 is 39.0 Å². The van der Waals surface area contributed by atoms with Gasteiger partial charge < -0.3 is 5.32 Å². The molecule has 3 nitrogen and oxygen atoms in total. The van der Waals surface area contributed by atoms with Crippen molar-refractivity contribution in [1.82, 2.24) is 4.98 Å². The van der Waals surface area contributed by atoms with E-state index in [1.54, 1.807) is 5.38 Å². The average Bonchev–Trinajstić information content (AvgIpc) is 2.36. The van der Waals surface area contributed by atoms with Crippen LogP contribution in [0.2, 0.25) is 0 Å². The number of rotatable bonds is 3. The third-order valence-electron chi connectivity index (χ3n) is 1.22. The molecule has 0 unspecified atom stereocenters. The summed E-state index contributed by atoms with van der Waals surface area (Å²) in [5.41, 5.74) is 0. The van der Waals surface area contributed by atoms with Gasteiger partial charge in [0.2, 0.25) is 5.91 Å². The Kier molecular flexibility index (Phi) is 3.68. The van der Waals surface area contributed by atoms with E-state index in [4.69, 9.17) is 0 Å². The molecule has 0 spiro atoms. The lowest BCUT2D eigenvalue weighted by molar-refractivity contribution is -0.116. The average molecular weight is 249 g/mol. The normalized spacial score (nSPS) is 9.83. The summed E-state index contributed by atoms with van der Waals surface area (Å²) >= 11 is 4.67. The van der Waals surface area contributed by atoms with Crippen LogP contribution in [0.15, 0.2) is 9.30 Å². The minimum absolute atomic E-state index is 0.0234. The Hall–Kier alpha value is -0.420. The Morgan fingerprint density at radius 2 is 2.58 bits per heavy atom. The van der Waals surface area contributed by atoms with Crippen LogP contribution in [0.4, 0.5) is 5.82 Å². The van der Waals surface area contributed by atoms with E-state index in [1.165, 1.54) is 11.3 Å². The van der Waals surface area contributed by atoms with Crippen molar-refractivity contribution in [1.29, 1.82) is 0 Å². The maximum absolute atomic E-state index is 11.1. The Morgan fingerprint density at radius 3 is 3.08 bits per heavy atom. The van der Waals surface area contributed by atoms with E-state index < -0.39 is 0 Å². The number of anilines is 1. The van der Waals surface area contributed by atoms with E-state index >= 15 is 0 Å². The van der Waals surface area contributed by atoms with Crippen LogP contribution >= 0.6 is 27.3 Å². The number of hydrogen-bond donors (Lipinski definition) is 1. The van der Waals surface area contributed by atoms with Crippen LogP contribution in [-0.2, 0) is 4.79 Å². The number of halogens is 1. The molecular weight excluding hydrogens is 240 g/mol. The molecule has 0 bridgehead atoms. The van der Waals surface area contributed by atoms with Crippen LogP contribution in [0, 0.1) is 0 Å². The number of hydrogen-bond acceptors (Lipinski definition) is 3. The van der Waals surface area contributed by atoms with E-state index in [0.29, 0.717) is 12.2 Å². The molecule has 0 saturated heterocycles. The molecular formula is C7H9BrN2OS. The second kappa shape index (κ2) is 4.57. The molecule has 0 radical (unpaired) electrons. The lowest BCUT2D eigenvalue weighted by Gasteiger charge is -1.97. The summed E-state index contributed by atoms with van der Waals surface area (Å²) in [6.45, 7) is 1.97. The lowest BCUT2D eigenvalue weighted by atomic mass is 10.3. The number of carbonyl (C=O) groups excluding carboxylic acids is 1. The van der Waals surface area contributed by atoms with Crippen LogP contribution in [-0.4, -0.2) is 10.9 Å². The predicted molar refractivity (Wildman–Crippen MR) is 53.4 cm³/mol. The highest BCUT2D eigenvalue weighted by atomic mass is 79.9. The van der Waals surface area contributed by atoms with E-state index in [9.17, 15) is 4.79 Å². The molecule has 0 aliphatic rings. The Labute approximate surface area is 83.3 Å². The van der Waals surface area contributed by atoms with Crippen LogP contribution < -0.4 is 5.32 Å². The zero-order valence-electron chi connectivity index (χ0n) is 6.63. The minimum Gasteiger partial charge on any atom is -0.310 e. The first-order valence-corrected chi connectivity index (χ1v) is 5.30. The largest absolute Gasteiger partial charge is 0.310 e. The standard InChI is InChI=1S/C7H9BrN2OS/c1-2-3-6(11)9-5-4-12-7(8)10-5/h4H,2-3H2,1H3,(H,9,11). The van der Waals surface area contributed by atoms with Crippen molar-refractivity contribution in [2.24, 2.45) is 0 Å². The Bertz CT molecular complexity index is 274. The van der Waals surface area contributed by atoms with Gasteiger partial charge in [0.05, 0.1) is 0 Å². The molecule has 0 aromatic carbocycles. The number of aromatic nitrogens is 1. The highest BCUT2D eigenvalue weighted by Crippen LogP contribution is 2.19. The monoisotopic (exact) mass is 248 g/mol. The van der Waals surface area contributed by atoms with Gasteiger partial charge >= 0.3 is 0 Å². The zero-order chi connectivity index (χ0) is 8.97. The van der Waals surface area contributed by atoms with Gasteiger partial charge in [-0.15, -0.1) is 11.3 Å². The van der Waals surface area contributed by atoms with Crippen molar-refractivity contribution in [2.45, 2.75) is 19.8 Å². The van der Waals surface area contributed by atoms with Crippen molar-refractivity contribution in [2.75, 3.05) is 5.32 Å². The molecule has 0 saturated carbocycles. The maximum Gasteiger partial charge on any atom is 0.225 e.